The van der Waals surface area contributed by atoms with Crippen LogP contribution in [0.4, 0.5) is 0 Å². The predicted octanol–water partition coefficient (Wildman–Crippen LogP) is 1.87. The van der Waals surface area contributed by atoms with Crippen LogP contribution in [0.5, 0.6) is 0 Å². The topological polar surface area (TPSA) is 59.4 Å². The van der Waals surface area contributed by atoms with Gasteiger partial charge in [0.15, 0.2) is 0 Å². The first-order chi connectivity index (χ1) is 7.24. The molecule has 0 atom stereocenters. The molecule has 15 heavy (non-hydrogen) atoms. The van der Waals surface area contributed by atoms with Gasteiger partial charge < -0.3 is 9.84 Å². The Morgan fingerprint density at radius 3 is 2.93 bits per heavy atom. The van der Waals surface area contributed by atoms with Gasteiger partial charge in [0.25, 0.3) is 0 Å². The van der Waals surface area contributed by atoms with Crippen molar-refractivity contribution in [3.05, 3.63) is 41.7 Å². The van der Waals surface area contributed by atoms with Crippen LogP contribution >= 0.6 is 0 Å². The largest absolute Gasteiger partial charge is 0.478 e. The highest BCUT2D eigenvalue weighted by molar-refractivity contribution is 5.87. The molecule has 1 N–H and O–H groups in total. The van der Waals surface area contributed by atoms with Gasteiger partial charge in [-0.1, -0.05) is 12.2 Å². The smallest absolute Gasteiger partial charge is 0.337 e. The van der Waals surface area contributed by atoms with Gasteiger partial charge in [0.2, 0.25) is 0 Å². The van der Waals surface area contributed by atoms with Gasteiger partial charge in [-0.2, -0.15) is 0 Å². The Bertz CT molecular complexity index is 343. The first-order valence-corrected chi connectivity index (χ1v) is 4.61. The number of carbonyl (C=O) groups is 1. The first-order valence-electron chi connectivity index (χ1n) is 4.61. The molecule has 80 valence electrons. The van der Waals surface area contributed by atoms with Crippen molar-refractivity contribution in [2.24, 2.45) is 0 Å². The number of pyridine rings is 1. The number of carboxylic acids is 1. The Morgan fingerprint density at radius 2 is 2.40 bits per heavy atom. The molecule has 0 aliphatic heterocycles. The van der Waals surface area contributed by atoms with E-state index < -0.39 is 5.97 Å². The van der Waals surface area contributed by atoms with E-state index in [1.54, 1.807) is 6.07 Å². The second kappa shape index (κ2) is 5.93. The van der Waals surface area contributed by atoms with Crippen LogP contribution in [0.25, 0.3) is 0 Å². The molecule has 0 amide bonds. The summed E-state index contributed by atoms with van der Waals surface area (Å²) in [7, 11) is 0. The summed E-state index contributed by atoms with van der Waals surface area (Å²) in [6.45, 7) is 2.85. The zero-order valence-corrected chi connectivity index (χ0v) is 8.51. The zero-order valence-electron chi connectivity index (χ0n) is 8.51. The molecule has 1 aromatic heterocycles. The van der Waals surface area contributed by atoms with Crippen LogP contribution < -0.4 is 0 Å². The van der Waals surface area contributed by atoms with E-state index in [0.717, 1.165) is 5.69 Å². The normalized spacial score (nSPS) is 10.7. The van der Waals surface area contributed by atoms with E-state index in [1.165, 1.54) is 12.3 Å². The molecule has 1 rings (SSSR count). The number of rotatable bonds is 5. The molecule has 4 nitrogen and oxygen atoms in total. The van der Waals surface area contributed by atoms with Crippen molar-refractivity contribution < 1.29 is 14.6 Å². The van der Waals surface area contributed by atoms with Crippen LogP contribution in [0.1, 0.15) is 23.0 Å². The minimum absolute atomic E-state index is 0.187. The van der Waals surface area contributed by atoms with Gasteiger partial charge >= 0.3 is 5.97 Å². The summed E-state index contributed by atoms with van der Waals surface area (Å²) in [5.74, 6) is -0.969. The lowest BCUT2D eigenvalue weighted by molar-refractivity contribution is 0.0696. The van der Waals surface area contributed by atoms with Gasteiger partial charge in [-0.05, 0) is 19.1 Å². The average Bonchev–Trinajstić information content (AvgIpc) is 2.25. The number of hydrogen-bond acceptors (Lipinski definition) is 3. The van der Waals surface area contributed by atoms with Crippen molar-refractivity contribution in [2.45, 2.75) is 13.5 Å². The van der Waals surface area contributed by atoms with E-state index in [2.05, 4.69) is 4.98 Å². The molecule has 0 spiro atoms. The van der Waals surface area contributed by atoms with Gasteiger partial charge in [-0.15, -0.1) is 0 Å². The van der Waals surface area contributed by atoms with Crippen molar-refractivity contribution >= 4 is 5.97 Å². The molecule has 0 saturated heterocycles. The second-order valence-electron chi connectivity index (χ2n) is 2.93. The van der Waals surface area contributed by atoms with Crippen LogP contribution in [-0.2, 0) is 11.3 Å². The highest BCUT2D eigenvalue weighted by Crippen LogP contribution is 2.01. The molecule has 0 aromatic carbocycles. The number of nitrogens with zero attached hydrogens (tertiary/aromatic N) is 1. The molecule has 0 bridgehead atoms. The van der Waals surface area contributed by atoms with Crippen molar-refractivity contribution in [1.82, 2.24) is 4.98 Å². The Kier molecular flexibility index (Phi) is 4.50. The highest BCUT2D eigenvalue weighted by atomic mass is 16.5. The fraction of sp³-hybridized carbons (Fsp3) is 0.273. The SMILES string of the molecule is CC=CCOCc1ccc(C(=O)O)cn1. The monoisotopic (exact) mass is 207 g/mol. The lowest BCUT2D eigenvalue weighted by atomic mass is 10.2. The van der Waals surface area contributed by atoms with E-state index >= 15 is 0 Å². The fourth-order valence-corrected chi connectivity index (χ4v) is 0.964. The number of aromatic nitrogens is 1. The Morgan fingerprint density at radius 1 is 1.60 bits per heavy atom. The van der Waals surface area contributed by atoms with Gasteiger partial charge in [0, 0.05) is 6.20 Å². The average molecular weight is 207 g/mol. The maximum absolute atomic E-state index is 10.5. The third-order valence-electron chi connectivity index (χ3n) is 1.77. The molecule has 1 heterocycles. The molecule has 0 saturated carbocycles. The number of carboxylic acid groups (broad SMARTS) is 1. The second-order valence-corrected chi connectivity index (χ2v) is 2.93. The van der Waals surface area contributed by atoms with E-state index in [9.17, 15) is 4.79 Å². The number of ether oxygens (including phenoxy) is 1. The summed E-state index contributed by atoms with van der Waals surface area (Å²) in [6, 6.07) is 3.17. The van der Waals surface area contributed by atoms with Crippen LogP contribution in [0.3, 0.4) is 0 Å². The lowest BCUT2D eigenvalue weighted by Crippen LogP contribution is -2.00. The van der Waals surface area contributed by atoms with E-state index in [-0.39, 0.29) is 5.56 Å². The van der Waals surface area contributed by atoms with E-state index in [4.69, 9.17) is 9.84 Å². The molecular weight excluding hydrogens is 194 g/mol. The molecule has 0 unspecified atom stereocenters. The van der Waals surface area contributed by atoms with Gasteiger partial charge in [0.05, 0.1) is 24.5 Å². The predicted molar refractivity (Wildman–Crippen MR) is 55.7 cm³/mol. The Hall–Kier alpha value is -1.68. The van der Waals surface area contributed by atoms with E-state index in [0.29, 0.717) is 13.2 Å². The minimum atomic E-state index is -0.969. The summed E-state index contributed by atoms with van der Waals surface area (Å²) >= 11 is 0. The summed E-state index contributed by atoms with van der Waals surface area (Å²) in [5.41, 5.74) is 0.914. The molecule has 4 heteroatoms. The van der Waals surface area contributed by atoms with Crippen LogP contribution in [0, 0.1) is 0 Å². The third kappa shape index (κ3) is 3.91. The van der Waals surface area contributed by atoms with Gasteiger partial charge in [-0.25, -0.2) is 4.79 Å². The molecular formula is C11H13NO3. The number of aromatic carboxylic acids is 1. The number of hydrogen-bond donors (Lipinski definition) is 1. The number of allylic oxidation sites excluding steroid dienone is 1. The maximum atomic E-state index is 10.5. The van der Waals surface area contributed by atoms with Crippen molar-refractivity contribution in [2.75, 3.05) is 6.61 Å². The minimum Gasteiger partial charge on any atom is -0.478 e. The molecule has 1 aromatic rings. The summed E-state index contributed by atoms with van der Waals surface area (Å²) in [4.78, 5) is 14.5. The first kappa shape index (κ1) is 11.4. The standard InChI is InChI=1S/C11H13NO3/c1-2-3-6-15-8-10-5-4-9(7-12-10)11(13)14/h2-5,7H,6,8H2,1H3,(H,13,14). The lowest BCUT2D eigenvalue weighted by Gasteiger charge is -2.01. The summed E-state index contributed by atoms with van der Waals surface area (Å²) < 4.78 is 5.26. The van der Waals surface area contributed by atoms with Crippen molar-refractivity contribution in [3.8, 4) is 0 Å². The highest BCUT2D eigenvalue weighted by Gasteiger charge is 2.02. The van der Waals surface area contributed by atoms with Gasteiger partial charge in [0.1, 0.15) is 0 Å². The summed E-state index contributed by atoms with van der Waals surface area (Å²) in [6.07, 6.45) is 5.13. The van der Waals surface area contributed by atoms with Gasteiger partial charge in [-0.3, -0.25) is 4.98 Å². The summed E-state index contributed by atoms with van der Waals surface area (Å²) in [5, 5.41) is 8.64. The molecule has 0 aliphatic carbocycles. The Balaban J connectivity index is 2.46. The molecule has 0 fully saturated rings. The van der Waals surface area contributed by atoms with E-state index in [1.807, 2.05) is 19.1 Å². The van der Waals surface area contributed by atoms with Crippen molar-refractivity contribution in [1.29, 1.82) is 0 Å². The zero-order chi connectivity index (χ0) is 11.1. The maximum Gasteiger partial charge on any atom is 0.337 e. The van der Waals surface area contributed by atoms with Crippen LogP contribution in [0.15, 0.2) is 30.5 Å². The Labute approximate surface area is 88.2 Å². The molecule has 0 radical (unpaired) electrons. The van der Waals surface area contributed by atoms with Crippen LogP contribution in [-0.4, -0.2) is 22.7 Å². The molecule has 0 aliphatic rings. The van der Waals surface area contributed by atoms with Crippen molar-refractivity contribution in [3.63, 3.8) is 0 Å². The quantitative estimate of drug-likeness (QED) is 0.591. The fourth-order valence-electron chi connectivity index (χ4n) is 0.964. The third-order valence-corrected chi connectivity index (χ3v) is 1.77. The van der Waals surface area contributed by atoms with Crippen LogP contribution in [0.2, 0.25) is 0 Å².